The maximum absolute atomic E-state index is 12.6. The molecule has 0 aliphatic carbocycles. The molecule has 2 aromatic heterocycles. The first-order valence-corrected chi connectivity index (χ1v) is 9.11. The smallest absolute Gasteiger partial charge is 0.263 e. The van der Waals surface area contributed by atoms with Crippen LogP contribution >= 0.6 is 0 Å². The molecular weight excluding hydrogens is 384 g/mol. The molecule has 0 atom stereocenters. The van der Waals surface area contributed by atoms with Gasteiger partial charge in [-0.3, -0.25) is 4.79 Å². The van der Waals surface area contributed by atoms with Crippen LogP contribution in [0, 0.1) is 36.5 Å². The Balaban J connectivity index is 1.79. The molecule has 0 bridgehead atoms. The fourth-order valence-corrected chi connectivity index (χ4v) is 3.05. The number of hydrogen-bond donors (Lipinski definition) is 1. The number of anilines is 1. The molecule has 1 aromatic carbocycles. The third kappa shape index (κ3) is 4.13. The molecule has 1 N–H and O–H groups in total. The molecule has 8 heteroatoms. The van der Waals surface area contributed by atoms with E-state index in [-0.39, 0.29) is 6.61 Å². The van der Waals surface area contributed by atoms with Crippen molar-refractivity contribution in [3.63, 3.8) is 0 Å². The van der Waals surface area contributed by atoms with Gasteiger partial charge in [0.1, 0.15) is 17.6 Å². The van der Waals surface area contributed by atoms with Crippen LogP contribution in [0.2, 0.25) is 0 Å². The number of nitriles is 2. The van der Waals surface area contributed by atoms with Crippen molar-refractivity contribution in [2.24, 2.45) is 0 Å². The van der Waals surface area contributed by atoms with Gasteiger partial charge in [0.05, 0.1) is 37.1 Å². The number of amides is 1. The number of aromatic nitrogens is 1. The Kier molecular flexibility index (Phi) is 6.09. The summed E-state index contributed by atoms with van der Waals surface area (Å²) in [6.07, 6.45) is 1.57. The van der Waals surface area contributed by atoms with Crippen molar-refractivity contribution in [2.45, 2.75) is 20.4 Å². The SMILES string of the molecule is COc1cc(C#N)ccc1OCC(=O)Nc1c(C#N)c(C)c(C)n1Cc1ccco1. The minimum Gasteiger partial charge on any atom is -0.493 e. The van der Waals surface area contributed by atoms with E-state index in [0.717, 1.165) is 11.3 Å². The largest absolute Gasteiger partial charge is 0.493 e. The van der Waals surface area contributed by atoms with Crippen LogP contribution in [-0.2, 0) is 11.3 Å². The highest BCUT2D eigenvalue weighted by Gasteiger charge is 2.21. The molecule has 3 aromatic rings. The molecule has 0 saturated heterocycles. The van der Waals surface area contributed by atoms with Gasteiger partial charge in [-0.1, -0.05) is 0 Å². The Bertz CT molecular complexity index is 1150. The summed E-state index contributed by atoms with van der Waals surface area (Å²) in [7, 11) is 1.45. The number of furan rings is 1. The predicted molar refractivity (Wildman–Crippen MR) is 108 cm³/mol. The van der Waals surface area contributed by atoms with E-state index < -0.39 is 5.91 Å². The van der Waals surface area contributed by atoms with Crippen LogP contribution in [0.15, 0.2) is 41.0 Å². The number of benzene rings is 1. The second-order valence-electron chi connectivity index (χ2n) is 6.53. The van der Waals surface area contributed by atoms with E-state index in [1.165, 1.54) is 13.2 Å². The zero-order chi connectivity index (χ0) is 21.7. The molecular formula is C22H20N4O4. The van der Waals surface area contributed by atoms with Gasteiger partial charge in [0.15, 0.2) is 18.1 Å². The van der Waals surface area contributed by atoms with Crippen molar-refractivity contribution in [2.75, 3.05) is 19.0 Å². The highest BCUT2D eigenvalue weighted by atomic mass is 16.5. The maximum Gasteiger partial charge on any atom is 0.263 e. The number of carbonyl (C=O) groups is 1. The zero-order valence-electron chi connectivity index (χ0n) is 16.9. The van der Waals surface area contributed by atoms with Gasteiger partial charge >= 0.3 is 0 Å². The molecule has 0 saturated carbocycles. The quantitative estimate of drug-likeness (QED) is 0.645. The monoisotopic (exact) mass is 404 g/mol. The minimum absolute atomic E-state index is 0.294. The molecule has 0 fully saturated rings. The van der Waals surface area contributed by atoms with Gasteiger partial charge < -0.3 is 23.8 Å². The van der Waals surface area contributed by atoms with Gasteiger partial charge in [-0.15, -0.1) is 0 Å². The van der Waals surface area contributed by atoms with Gasteiger partial charge in [0.2, 0.25) is 0 Å². The molecule has 30 heavy (non-hydrogen) atoms. The van der Waals surface area contributed by atoms with Gasteiger partial charge in [0.25, 0.3) is 5.91 Å². The van der Waals surface area contributed by atoms with E-state index in [2.05, 4.69) is 11.4 Å². The Morgan fingerprint density at radius 1 is 1.20 bits per heavy atom. The Morgan fingerprint density at radius 2 is 2.00 bits per heavy atom. The Labute approximate surface area is 173 Å². The number of nitrogens with one attached hydrogen (secondary N) is 1. The fraction of sp³-hybridized carbons (Fsp3) is 0.227. The lowest BCUT2D eigenvalue weighted by Gasteiger charge is -2.13. The number of hydrogen-bond acceptors (Lipinski definition) is 6. The van der Waals surface area contributed by atoms with Crippen LogP contribution < -0.4 is 14.8 Å². The highest BCUT2D eigenvalue weighted by molar-refractivity contribution is 5.93. The van der Waals surface area contributed by atoms with Crippen molar-refractivity contribution in [1.82, 2.24) is 4.57 Å². The lowest BCUT2D eigenvalue weighted by atomic mass is 10.2. The summed E-state index contributed by atoms with van der Waals surface area (Å²) < 4.78 is 18.0. The van der Waals surface area contributed by atoms with Gasteiger partial charge in [-0.25, -0.2) is 0 Å². The van der Waals surface area contributed by atoms with Crippen LogP contribution in [-0.4, -0.2) is 24.2 Å². The summed E-state index contributed by atoms with van der Waals surface area (Å²) in [5.74, 6) is 1.35. The second kappa shape index (κ2) is 8.89. The van der Waals surface area contributed by atoms with Crippen LogP contribution in [0.4, 0.5) is 5.82 Å². The summed E-state index contributed by atoms with van der Waals surface area (Å²) in [5, 5.41) is 21.3. The molecule has 8 nitrogen and oxygen atoms in total. The maximum atomic E-state index is 12.6. The lowest BCUT2D eigenvalue weighted by Crippen LogP contribution is -2.23. The summed E-state index contributed by atoms with van der Waals surface area (Å²) >= 11 is 0. The predicted octanol–water partition coefficient (Wildman–Crippen LogP) is 3.52. The van der Waals surface area contributed by atoms with Gasteiger partial charge in [0, 0.05) is 11.8 Å². The minimum atomic E-state index is -0.434. The molecule has 0 aliphatic rings. The standard InChI is InChI=1S/C22H20N4O4/c1-14-15(2)26(12-17-5-4-8-29-17)22(18(14)11-24)25-21(27)13-30-19-7-6-16(10-23)9-20(19)28-3/h4-9H,12-13H2,1-3H3,(H,25,27). The average Bonchev–Trinajstić information content (AvgIpc) is 3.35. The first-order chi connectivity index (χ1) is 14.5. The topological polar surface area (TPSA) is 113 Å². The Morgan fingerprint density at radius 3 is 2.63 bits per heavy atom. The first kappa shape index (κ1) is 20.6. The van der Waals surface area contributed by atoms with E-state index in [0.29, 0.717) is 40.7 Å². The number of ether oxygens (including phenoxy) is 2. The third-order valence-corrected chi connectivity index (χ3v) is 4.74. The second-order valence-corrected chi connectivity index (χ2v) is 6.53. The molecule has 2 heterocycles. The lowest BCUT2D eigenvalue weighted by molar-refractivity contribution is -0.118. The van der Waals surface area contributed by atoms with Gasteiger partial charge in [-0.05, 0) is 43.7 Å². The van der Waals surface area contributed by atoms with E-state index in [1.807, 2.05) is 30.6 Å². The summed E-state index contributed by atoms with van der Waals surface area (Å²) in [6, 6.07) is 12.5. The summed E-state index contributed by atoms with van der Waals surface area (Å²) in [4.78, 5) is 12.6. The molecule has 3 rings (SSSR count). The van der Waals surface area contributed by atoms with Crippen LogP contribution in [0.3, 0.4) is 0 Å². The molecule has 0 aliphatic heterocycles. The van der Waals surface area contributed by atoms with Crippen molar-refractivity contribution in [1.29, 1.82) is 10.5 Å². The Hall–Kier alpha value is -4.17. The molecule has 152 valence electrons. The van der Waals surface area contributed by atoms with Crippen molar-refractivity contribution >= 4 is 11.7 Å². The van der Waals surface area contributed by atoms with Crippen LogP contribution in [0.1, 0.15) is 28.1 Å². The number of methoxy groups -OCH3 is 1. The average molecular weight is 404 g/mol. The molecule has 1 amide bonds. The van der Waals surface area contributed by atoms with E-state index in [1.54, 1.807) is 24.5 Å². The van der Waals surface area contributed by atoms with Crippen molar-refractivity contribution in [3.8, 4) is 23.6 Å². The number of carbonyl (C=O) groups excluding carboxylic acids is 1. The van der Waals surface area contributed by atoms with Gasteiger partial charge in [-0.2, -0.15) is 10.5 Å². The van der Waals surface area contributed by atoms with Crippen LogP contribution in [0.25, 0.3) is 0 Å². The number of rotatable bonds is 7. The normalized spacial score (nSPS) is 10.2. The summed E-state index contributed by atoms with van der Waals surface area (Å²) in [5.41, 5.74) is 2.45. The number of nitrogens with zero attached hydrogens (tertiary/aromatic N) is 3. The third-order valence-electron chi connectivity index (χ3n) is 4.74. The molecule has 0 spiro atoms. The first-order valence-electron chi connectivity index (χ1n) is 9.11. The van der Waals surface area contributed by atoms with E-state index in [9.17, 15) is 10.1 Å². The van der Waals surface area contributed by atoms with E-state index in [4.69, 9.17) is 19.2 Å². The summed E-state index contributed by atoms with van der Waals surface area (Å²) in [6.45, 7) is 3.80. The zero-order valence-corrected chi connectivity index (χ0v) is 16.9. The highest BCUT2D eigenvalue weighted by Crippen LogP contribution is 2.29. The van der Waals surface area contributed by atoms with Crippen molar-refractivity contribution in [3.05, 3.63) is 64.7 Å². The molecule has 0 radical (unpaired) electrons. The van der Waals surface area contributed by atoms with E-state index >= 15 is 0 Å². The molecule has 0 unspecified atom stereocenters. The van der Waals surface area contributed by atoms with Crippen LogP contribution in [0.5, 0.6) is 11.5 Å². The fourth-order valence-electron chi connectivity index (χ4n) is 3.05. The van der Waals surface area contributed by atoms with Crippen molar-refractivity contribution < 1.29 is 18.7 Å².